The SMILES string of the molecule is CC(C)CCCCCCCCCCCCCCC(N)=O.CCC(C(=O)O)N(C)C. The van der Waals surface area contributed by atoms with Crippen molar-refractivity contribution >= 4 is 11.9 Å². The number of amides is 1. The molecule has 1 amide bonds. The van der Waals surface area contributed by atoms with E-state index < -0.39 is 5.97 Å². The van der Waals surface area contributed by atoms with Gasteiger partial charge in [0, 0.05) is 6.42 Å². The molecule has 174 valence electrons. The van der Waals surface area contributed by atoms with Crippen LogP contribution in [-0.2, 0) is 9.59 Å². The van der Waals surface area contributed by atoms with E-state index in [1.165, 1.54) is 77.0 Å². The summed E-state index contributed by atoms with van der Waals surface area (Å²) in [5, 5.41) is 8.50. The summed E-state index contributed by atoms with van der Waals surface area (Å²) < 4.78 is 0. The maximum atomic E-state index is 10.6. The van der Waals surface area contributed by atoms with Gasteiger partial charge in [-0.15, -0.1) is 0 Å². The highest BCUT2D eigenvalue weighted by molar-refractivity contribution is 5.73. The topological polar surface area (TPSA) is 83.6 Å². The number of hydrogen-bond donors (Lipinski definition) is 2. The molecule has 0 rings (SSSR count). The minimum Gasteiger partial charge on any atom is -0.480 e. The molecule has 5 nitrogen and oxygen atoms in total. The number of carbonyl (C=O) groups is 2. The van der Waals surface area contributed by atoms with Crippen LogP contribution in [0.25, 0.3) is 0 Å². The third-order valence-corrected chi connectivity index (χ3v) is 5.25. The second-order valence-corrected chi connectivity index (χ2v) is 8.87. The summed E-state index contributed by atoms with van der Waals surface area (Å²) in [7, 11) is 3.53. The molecule has 0 aliphatic carbocycles. The average Bonchev–Trinajstić information content (AvgIpc) is 2.62. The van der Waals surface area contributed by atoms with Crippen molar-refractivity contribution in [3.63, 3.8) is 0 Å². The highest BCUT2D eigenvalue weighted by Crippen LogP contribution is 2.14. The van der Waals surface area contributed by atoms with Gasteiger partial charge < -0.3 is 10.8 Å². The lowest BCUT2D eigenvalue weighted by molar-refractivity contribution is -0.142. The zero-order valence-corrected chi connectivity index (χ0v) is 20.0. The van der Waals surface area contributed by atoms with Gasteiger partial charge in [-0.1, -0.05) is 97.8 Å². The summed E-state index contributed by atoms with van der Waals surface area (Å²) in [6.07, 6.45) is 18.6. The number of rotatable bonds is 18. The minimum absolute atomic E-state index is 0.154. The first kappa shape index (κ1) is 30.1. The predicted octanol–water partition coefficient (Wildman–Crippen LogP) is 6.00. The fourth-order valence-corrected chi connectivity index (χ4v) is 3.38. The summed E-state index contributed by atoms with van der Waals surface area (Å²) in [6.45, 7) is 6.49. The van der Waals surface area contributed by atoms with E-state index in [9.17, 15) is 9.59 Å². The molecular weight excluding hydrogens is 364 g/mol. The van der Waals surface area contributed by atoms with E-state index in [4.69, 9.17) is 10.8 Å². The standard InChI is InChI=1S/C18H37NO.C6H13NO2/c1-17(2)15-13-11-9-7-5-3-4-6-8-10-12-14-16-18(19)20;1-4-5(6(8)9)7(2)3/h17H,3-16H2,1-2H3,(H2,19,20);5H,4H2,1-3H3,(H,8,9). The zero-order valence-electron chi connectivity index (χ0n) is 20.0. The number of likely N-dealkylation sites (N-methyl/N-ethyl adjacent to an activating group) is 1. The molecule has 3 N–H and O–H groups in total. The third kappa shape index (κ3) is 24.9. The Kier molecular flexibility index (Phi) is 22.4. The van der Waals surface area contributed by atoms with Crippen LogP contribution < -0.4 is 5.73 Å². The van der Waals surface area contributed by atoms with E-state index in [0.29, 0.717) is 12.8 Å². The lowest BCUT2D eigenvalue weighted by atomic mass is 10.0. The Labute approximate surface area is 180 Å². The monoisotopic (exact) mass is 414 g/mol. The molecule has 1 atom stereocenters. The number of primary amides is 1. The van der Waals surface area contributed by atoms with Crippen molar-refractivity contribution in [1.29, 1.82) is 0 Å². The van der Waals surface area contributed by atoms with Crippen LogP contribution in [0.1, 0.15) is 117 Å². The highest BCUT2D eigenvalue weighted by atomic mass is 16.4. The highest BCUT2D eigenvalue weighted by Gasteiger charge is 2.15. The van der Waals surface area contributed by atoms with Gasteiger partial charge in [-0.05, 0) is 32.9 Å². The van der Waals surface area contributed by atoms with Crippen LogP contribution in [-0.4, -0.2) is 42.0 Å². The first-order valence-electron chi connectivity index (χ1n) is 11.9. The van der Waals surface area contributed by atoms with Crippen LogP contribution in [0.4, 0.5) is 0 Å². The van der Waals surface area contributed by atoms with Crippen molar-refractivity contribution in [3.05, 3.63) is 0 Å². The Balaban J connectivity index is 0. The van der Waals surface area contributed by atoms with E-state index in [2.05, 4.69) is 13.8 Å². The van der Waals surface area contributed by atoms with Gasteiger partial charge in [0.1, 0.15) is 6.04 Å². The number of carbonyl (C=O) groups excluding carboxylic acids is 1. The van der Waals surface area contributed by atoms with Gasteiger partial charge in [-0.25, -0.2) is 0 Å². The summed E-state index contributed by atoms with van der Waals surface area (Å²) >= 11 is 0. The molecule has 0 aliphatic heterocycles. The summed E-state index contributed by atoms with van der Waals surface area (Å²) in [5.41, 5.74) is 5.11. The molecule has 5 heteroatoms. The normalized spacial score (nSPS) is 12.0. The molecule has 29 heavy (non-hydrogen) atoms. The minimum atomic E-state index is -0.748. The Morgan fingerprint density at radius 2 is 1.17 bits per heavy atom. The molecular formula is C24H50N2O3. The zero-order chi connectivity index (χ0) is 22.5. The Morgan fingerprint density at radius 3 is 1.41 bits per heavy atom. The summed E-state index contributed by atoms with van der Waals surface area (Å²) in [4.78, 5) is 22.6. The number of carboxylic acids is 1. The molecule has 0 aromatic heterocycles. The van der Waals surface area contributed by atoms with Crippen LogP contribution in [0.15, 0.2) is 0 Å². The van der Waals surface area contributed by atoms with Crippen molar-refractivity contribution in [2.75, 3.05) is 14.1 Å². The third-order valence-electron chi connectivity index (χ3n) is 5.25. The van der Waals surface area contributed by atoms with Crippen molar-refractivity contribution in [2.45, 2.75) is 123 Å². The van der Waals surface area contributed by atoms with Gasteiger partial charge in [-0.3, -0.25) is 14.5 Å². The molecule has 0 aliphatic rings. The lowest BCUT2D eigenvalue weighted by Gasteiger charge is -2.17. The van der Waals surface area contributed by atoms with Crippen molar-refractivity contribution in [3.8, 4) is 0 Å². The van der Waals surface area contributed by atoms with Gasteiger partial charge >= 0.3 is 5.97 Å². The molecule has 0 saturated heterocycles. The van der Waals surface area contributed by atoms with Crippen molar-refractivity contribution < 1.29 is 14.7 Å². The van der Waals surface area contributed by atoms with E-state index in [-0.39, 0.29) is 11.9 Å². The molecule has 0 saturated carbocycles. The van der Waals surface area contributed by atoms with Gasteiger partial charge in [-0.2, -0.15) is 0 Å². The average molecular weight is 415 g/mol. The number of aliphatic carboxylic acids is 1. The molecule has 0 heterocycles. The van der Waals surface area contributed by atoms with E-state index in [0.717, 1.165) is 12.3 Å². The Bertz CT molecular complexity index is 384. The number of carboxylic acid groups (broad SMARTS) is 1. The van der Waals surface area contributed by atoms with Gasteiger partial charge in [0.05, 0.1) is 0 Å². The Morgan fingerprint density at radius 1 is 0.793 bits per heavy atom. The predicted molar refractivity (Wildman–Crippen MR) is 124 cm³/mol. The second kappa shape index (κ2) is 21.6. The molecule has 0 aromatic carbocycles. The molecule has 0 radical (unpaired) electrons. The molecule has 0 aromatic rings. The smallest absolute Gasteiger partial charge is 0.320 e. The number of nitrogens with two attached hydrogens (primary N) is 1. The van der Waals surface area contributed by atoms with E-state index in [1.807, 2.05) is 6.92 Å². The summed E-state index contributed by atoms with van der Waals surface area (Å²) in [6, 6.07) is -0.329. The lowest BCUT2D eigenvalue weighted by Crippen LogP contribution is -2.34. The molecule has 0 bridgehead atoms. The first-order valence-corrected chi connectivity index (χ1v) is 11.9. The quantitative estimate of drug-likeness (QED) is 0.269. The van der Waals surface area contributed by atoms with Crippen LogP contribution >= 0.6 is 0 Å². The fourth-order valence-electron chi connectivity index (χ4n) is 3.38. The van der Waals surface area contributed by atoms with Crippen molar-refractivity contribution in [1.82, 2.24) is 4.90 Å². The molecule has 0 fully saturated rings. The fraction of sp³-hybridized carbons (Fsp3) is 0.917. The van der Waals surface area contributed by atoms with Crippen LogP contribution in [0.5, 0.6) is 0 Å². The van der Waals surface area contributed by atoms with Crippen LogP contribution in [0, 0.1) is 5.92 Å². The molecule has 1 unspecified atom stereocenters. The number of nitrogens with zero attached hydrogens (tertiary/aromatic N) is 1. The van der Waals surface area contributed by atoms with Gasteiger partial charge in [0.25, 0.3) is 0 Å². The number of unbranched alkanes of at least 4 members (excludes halogenated alkanes) is 11. The first-order chi connectivity index (χ1) is 13.7. The van der Waals surface area contributed by atoms with Crippen molar-refractivity contribution in [2.24, 2.45) is 11.7 Å². The van der Waals surface area contributed by atoms with E-state index >= 15 is 0 Å². The maximum Gasteiger partial charge on any atom is 0.320 e. The van der Waals surface area contributed by atoms with Gasteiger partial charge in [0.2, 0.25) is 5.91 Å². The second-order valence-electron chi connectivity index (χ2n) is 8.87. The van der Waals surface area contributed by atoms with Crippen LogP contribution in [0.2, 0.25) is 0 Å². The maximum absolute atomic E-state index is 10.6. The Hall–Kier alpha value is -1.10. The van der Waals surface area contributed by atoms with Crippen LogP contribution in [0.3, 0.4) is 0 Å². The summed E-state index contributed by atoms with van der Waals surface area (Å²) in [5.74, 6) is -0.0288. The molecule has 0 spiro atoms. The number of hydrogen-bond acceptors (Lipinski definition) is 3. The largest absolute Gasteiger partial charge is 0.480 e. The van der Waals surface area contributed by atoms with E-state index in [1.54, 1.807) is 19.0 Å². The van der Waals surface area contributed by atoms with Gasteiger partial charge in [0.15, 0.2) is 0 Å².